The zero-order valence-corrected chi connectivity index (χ0v) is 14.1. The Hall–Kier alpha value is -2.19. The summed E-state index contributed by atoms with van der Waals surface area (Å²) in [5, 5.41) is 4.02. The number of carbonyl (C=O) groups excluding carboxylic acids is 1. The maximum atomic E-state index is 12.4. The van der Waals surface area contributed by atoms with Gasteiger partial charge in [-0.2, -0.15) is 0 Å². The first-order valence-corrected chi connectivity index (χ1v) is 9.57. The van der Waals surface area contributed by atoms with E-state index in [1.165, 1.54) is 4.31 Å². The van der Waals surface area contributed by atoms with Crippen molar-refractivity contribution in [1.29, 1.82) is 0 Å². The first-order valence-electron chi connectivity index (χ1n) is 7.72. The van der Waals surface area contributed by atoms with E-state index in [0.29, 0.717) is 30.2 Å². The number of hydrogen-bond donors (Lipinski definition) is 2. The smallest absolute Gasteiger partial charge is 0.268 e. The first kappa shape index (κ1) is 16.7. The molecule has 1 fully saturated rings. The van der Waals surface area contributed by atoms with E-state index in [2.05, 4.69) is 10.3 Å². The number of amides is 1. The summed E-state index contributed by atoms with van der Waals surface area (Å²) in [4.78, 5) is 27.1. The largest absolute Gasteiger partial charge is 0.347 e. The average molecular weight is 349 g/mol. The lowest BCUT2D eigenvalue weighted by Crippen LogP contribution is -2.49. The van der Waals surface area contributed by atoms with Crippen molar-refractivity contribution in [3.8, 4) is 0 Å². The number of H-pyrrole nitrogens is 1. The molecule has 2 heterocycles. The molecule has 128 valence electrons. The fourth-order valence-corrected chi connectivity index (χ4v) is 3.87. The van der Waals surface area contributed by atoms with Crippen molar-refractivity contribution in [3.63, 3.8) is 0 Å². The number of nitrogens with one attached hydrogen (secondary N) is 2. The summed E-state index contributed by atoms with van der Waals surface area (Å²) in [6.45, 7) is 0.723. The molecule has 1 amide bonds. The molecule has 1 aliphatic rings. The van der Waals surface area contributed by atoms with Gasteiger partial charge in [-0.15, -0.1) is 0 Å². The molecule has 0 spiro atoms. The van der Waals surface area contributed by atoms with Crippen LogP contribution in [-0.2, 0) is 10.0 Å². The summed E-state index contributed by atoms with van der Waals surface area (Å²) >= 11 is 0. The highest BCUT2D eigenvalue weighted by atomic mass is 32.2. The van der Waals surface area contributed by atoms with Gasteiger partial charge >= 0.3 is 0 Å². The minimum Gasteiger partial charge on any atom is -0.347 e. The van der Waals surface area contributed by atoms with Gasteiger partial charge in [0, 0.05) is 24.5 Å². The topological polar surface area (TPSA) is 99.3 Å². The van der Waals surface area contributed by atoms with Gasteiger partial charge < -0.3 is 10.3 Å². The molecule has 2 N–H and O–H groups in total. The zero-order valence-electron chi connectivity index (χ0n) is 13.3. The maximum Gasteiger partial charge on any atom is 0.268 e. The third-order valence-electron chi connectivity index (χ3n) is 4.19. The van der Waals surface area contributed by atoms with Crippen LogP contribution in [0.3, 0.4) is 0 Å². The van der Waals surface area contributed by atoms with Crippen molar-refractivity contribution >= 4 is 26.7 Å². The Morgan fingerprint density at radius 1 is 1.33 bits per heavy atom. The summed E-state index contributed by atoms with van der Waals surface area (Å²) in [6, 6.07) is 8.39. The third-order valence-corrected chi connectivity index (χ3v) is 5.46. The second kappa shape index (κ2) is 6.37. The number of hydrogen-bond acceptors (Lipinski definition) is 4. The van der Waals surface area contributed by atoms with Crippen LogP contribution < -0.4 is 10.9 Å². The van der Waals surface area contributed by atoms with Crippen molar-refractivity contribution < 1.29 is 13.2 Å². The van der Waals surface area contributed by atoms with Gasteiger partial charge in [-0.05, 0) is 30.4 Å². The van der Waals surface area contributed by atoms with Crippen LogP contribution in [0, 0.1) is 0 Å². The number of carbonyl (C=O) groups is 1. The fraction of sp³-hybridized carbons (Fsp3) is 0.375. The van der Waals surface area contributed by atoms with Crippen molar-refractivity contribution in [2.24, 2.45) is 0 Å². The van der Waals surface area contributed by atoms with E-state index >= 15 is 0 Å². The number of sulfonamides is 1. The predicted molar refractivity (Wildman–Crippen MR) is 91.5 cm³/mol. The van der Waals surface area contributed by atoms with E-state index in [-0.39, 0.29) is 23.8 Å². The molecule has 2 aromatic rings. The van der Waals surface area contributed by atoms with Crippen molar-refractivity contribution in [2.45, 2.75) is 18.9 Å². The van der Waals surface area contributed by atoms with Crippen LogP contribution in [0.2, 0.25) is 0 Å². The quantitative estimate of drug-likeness (QED) is 0.851. The Balaban J connectivity index is 1.79. The van der Waals surface area contributed by atoms with Gasteiger partial charge in [0.05, 0.1) is 6.26 Å². The molecule has 1 aliphatic heterocycles. The Morgan fingerprint density at radius 2 is 2.08 bits per heavy atom. The van der Waals surface area contributed by atoms with Crippen molar-refractivity contribution in [1.82, 2.24) is 14.6 Å². The molecular weight excluding hydrogens is 330 g/mol. The lowest BCUT2D eigenvalue weighted by atomic mass is 10.1. The van der Waals surface area contributed by atoms with Crippen LogP contribution in [0.15, 0.2) is 35.1 Å². The average Bonchev–Trinajstić information content (AvgIpc) is 2.54. The van der Waals surface area contributed by atoms with Gasteiger partial charge in [-0.25, -0.2) is 12.7 Å². The minimum atomic E-state index is -3.27. The number of piperidine rings is 1. The Bertz CT molecular complexity index is 936. The summed E-state index contributed by atoms with van der Waals surface area (Å²) in [6.07, 6.45) is 2.56. The number of benzene rings is 1. The molecule has 24 heavy (non-hydrogen) atoms. The standard InChI is InChI=1S/C16H19N3O4S/c1-24(22,23)19-8-4-6-12(10-19)17-16(21)14-9-11-5-2-3-7-13(11)15(20)18-14/h2-3,5,7,9,12H,4,6,8,10H2,1H3,(H,17,21)(H,18,20). The van der Waals surface area contributed by atoms with E-state index in [9.17, 15) is 18.0 Å². The molecule has 0 radical (unpaired) electrons. The highest BCUT2D eigenvalue weighted by Crippen LogP contribution is 2.14. The fourth-order valence-electron chi connectivity index (χ4n) is 2.96. The Kier molecular flexibility index (Phi) is 4.42. The SMILES string of the molecule is CS(=O)(=O)N1CCCC(NC(=O)c2cc3ccccc3c(=O)[nH]2)C1. The normalized spacial score (nSPS) is 19.3. The third kappa shape index (κ3) is 3.49. The summed E-state index contributed by atoms with van der Waals surface area (Å²) in [5.74, 6) is -0.404. The molecule has 7 nitrogen and oxygen atoms in total. The van der Waals surface area contributed by atoms with E-state index in [0.717, 1.165) is 6.26 Å². The van der Waals surface area contributed by atoms with Crippen LogP contribution in [0.5, 0.6) is 0 Å². The summed E-state index contributed by atoms with van der Waals surface area (Å²) in [5.41, 5.74) is -0.144. The highest BCUT2D eigenvalue weighted by molar-refractivity contribution is 7.88. The molecule has 1 atom stereocenters. The minimum absolute atomic E-state index is 0.176. The molecule has 1 aromatic carbocycles. The van der Waals surface area contributed by atoms with Gasteiger partial charge in [0.2, 0.25) is 10.0 Å². The second-order valence-electron chi connectivity index (χ2n) is 6.03. The summed E-state index contributed by atoms with van der Waals surface area (Å²) in [7, 11) is -3.27. The number of fused-ring (bicyclic) bond motifs is 1. The van der Waals surface area contributed by atoms with Crippen molar-refractivity contribution in [3.05, 3.63) is 46.4 Å². The molecular formula is C16H19N3O4S. The molecule has 3 rings (SSSR count). The van der Waals surface area contributed by atoms with E-state index in [1.807, 2.05) is 0 Å². The second-order valence-corrected chi connectivity index (χ2v) is 8.02. The number of nitrogens with zero attached hydrogens (tertiary/aromatic N) is 1. The molecule has 1 aromatic heterocycles. The van der Waals surface area contributed by atoms with Crippen molar-refractivity contribution in [2.75, 3.05) is 19.3 Å². The first-order chi connectivity index (χ1) is 11.3. The summed E-state index contributed by atoms with van der Waals surface area (Å²) < 4.78 is 24.7. The van der Waals surface area contributed by atoms with E-state index in [4.69, 9.17) is 0 Å². The molecule has 0 saturated carbocycles. The molecule has 1 unspecified atom stereocenters. The maximum absolute atomic E-state index is 12.4. The zero-order chi connectivity index (χ0) is 17.3. The van der Waals surface area contributed by atoms with Crippen LogP contribution in [0.25, 0.3) is 10.8 Å². The Morgan fingerprint density at radius 3 is 2.83 bits per heavy atom. The lowest BCUT2D eigenvalue weighted by Gasteiger charge is -2.31. The van der Waals surface area contributed by atoms with Crippen LogP contribution in [0.1, 0.15) is 23.3 Å². The molecule has 0 bridgehead atoms. The van der Waals surface area contributed by atoms with E-state index in [1.54, 1.807) is 30.3 Å². The van der Waals surface area contributed by atoms with Gasteiger partial charge in [-0.1, -0.05) is 18.2 Å². The number of aromatic nitrogens is 1. The van der Waals surface area contributed by atoms with E-state index < -0.39 is 15.9 Å². The van der Waals surface area contributed by atoms with Gasteiger partial charge in [0.25, 0.3) is 11.5 Å². The number of pyridine rings is 1. The van der Waals surface area contributed by atoms with Gasteiger partial charge in [-0.3, -0.25) is 9.59 Å². The Labute approximate surface area is 139 Å². The molecule has 1 saturated heterocycles. The molecule has 8 heteroatoms. The number of rotatable bonds is 3. The lowest BCUT2D eigenvalue weighted by molar-refractivity contribution is 0.0916. The highest BCUT2D eigenvalue weighted by Gasteiger charge is 2.27. The van der Waals surface area contributed by atoms with Gasteiger partial charge in [0.15, 0.2) is 0 Å². The number of aromatic amines is 1. The van der Waals surface area contributed by atoms with Crippen LogP contribution in [-0.4, -0.2) is 49.0 Å². The van der Waals surface area contributed by atoms with Crippen LogP contribution in [0.4, 0.5) is 0 Å². The monoisotopic (exact) mass is 349 g/mol. The molecule has 0 aliphatic carbocycles. The van der Waals surface area contributed by atoms with Crippen LogP contribution >= 0.6 is 0 Å². The predicted octanol–water partition coefficient (Wildman–Crippen LogP) is 0.682. The van der Waals surface area contributed by atoms with Gasteiger partial charge in [0.1, 0.15) is 5.69 Å².